The fourth-order valence-electron chi connectivity index (χ4n) is 2.05. The van der Waals surface area contributed by atoms with E-state index in [1.54, 1.807) is 4.52 Å². The zero-order valence-corrected chi connectivity index (χ0v) is 13.1. The molecule has 0 aliphatic carbocycles. The zero-order valence-electron chi connectivity index (χ0n) is 12.3. The summed E-state index contributed by atoms with van der Waals surface area (Å²) in [6.45, 7) is 10.7. The van der Waals surface area contributed by atoms with Crippen molar-refractivity contribution < 1.29 is 9.53 Å². The van der Waals surface area contributed by atoms with E-state index in [9.17, 15) is 4.79 Å². The molecule has 2 rings (SSSR count). The molecule has 0 bridgehead atoms. The molecule has 0 aliphatic rings. The van der Waals surface area contributed by atoms with Gasteiger partial charge in [-0.25, -0.2) is 4.52 Å². The highest BCUT2D eigenvalue weighted by Gasteiger charge is 2.31. The molecule has 0 atom stereocenters. The van der Waals surface area contributed by atoms with E-state index in [1.807, 2.05) is 13.8 Å². The summed E-state index contributed by atoms with van der Waals surface area (Å²) < 4.78 is 6.63. The van der Waals surface area contributed by atoms with Crippen LogP contribution in [0.25, 0.3) is 5.65 Å². The van der Waals surface area contributed by atoms with Gasteiger partial charge in [-0.2, -0.15) is 0 Å². The summed E-state index contributed by atoms with van der Waals surface area (Å²) in [5.41, 5.74) is 0.894. The van der Waals surface area contributed by atoms with Crippen molar-refractivity contribution in [1.82, 2.24) is 19.8 Å². The highest BCUT2D eigenvalue weighted by molar-refractivity contribution is 6.34. The number of nitrogens with one attached hydrogen (secondary N) is 1. The first kappa shape index (κ1) is 14.8. The summed E-state index contributed by atoms with van der Waals surface area (Å²) in [4.78, 5) is 10.4. The SMILES string of the molecule is CC(C)(C)c1[nH]n2c(C(C)(C)COC=O)nnc2c1Cl. The Balaban J connectivity index is 2.54. The normalized spacial score (nSPS) is 12.9. The maximum absolute atomic E-state index is 10.4. The van der Waals surface area contributed by atoms with Crippen LogP contribution in [0.5, 0.6) is 0 Å². The van der Waals surface area contributed by atoms with Crippen molar-refractivity contribution in [2.75, 3.05) is 6.61 Å². The largest absolute Gasteiger partial charge is 0.467 e. The molecule has 0 amide bonds. The number of fused-ring (bicyclic) bond motifs is 1. The number of aromatic amines is 1. The van der Waals surface area contributed by atoms with Crippen LogP contribution >= 0.6 is 11.6 Å². The fourth-order valence-corrected chi connectivity index (χ4v) is 2.50. The molecule has 0 spiro atoms. The van der Waals surface area contributed by atoms with E-state index in [0.717, 1.165) is 5.69 Å². The summed E-state index contributed by atoms with van der Waals surface area (Å²) in [6.07, 6.45) is 0. The average Bonchev–Trinajstić information content (AvgIpc) is 2.87. The molecule has 0 saturated heterocycles. The topological polar surface area (TPSA) is 72.3 Å². The number of ether oxygens (including phenoxy) is 1. The van der Waals surface area contributed by atoms with E-state index >= 15 is 0 Å². The summed E-state index contributed by atoms with van der Waals surface area (Å²) in [7, 11) is 0. The fraction of sp³-hybridized carbons (Fsp3) is 0.615. The Labute approximate surface area is 122 Å². The smallest absolute Gasteiger partial charge is 0.293 e. The Morgan fingerprint density at radius 3 is 2.50 bits per heavy atom. The maximum atomic E-state index is 10.4. The summed E-state index contributed by atoms with van der Waals surface area (Å²) in [5.74, 6) is 0.673. The zero-order chi connectivity index (χ0) is 15.1. The van der Waals surface area contributed by atoms with Gasteiger partial charge in [-0.3, -0.25) is 9.89 Å². The van der Waals surface area contributed by atoms with Crippen LogP contribution in [0.2, 0.25) is 5.02 Å². The number of halogens is 1. The van der Waals surface area contributed by atoms with Gasteiger partial charge in [0.1, 0.15) is 11.6 Å². The monoisotopic (exact) mass is 298 g/mol. The van der Waals surface area contributed by atoms with E-state index in [4.69, 9.17) is 16.3 Å². The van der Waals surface area contributed by atoms with Crippen molar-refractivity contribution in [3.63, 3.8) is 0 Å². The first-order chi connectivity index (χ1) is 9.18. The quantitative estimate of drug-likeness (QED) is 0.880. The third-order valence-corrected chi connectivity index (χ3v) is 3.53. The molecular weight excluding hydrogens is 280 g/mol. The van der Waals surface area contributed by atoms with Crippen molar-refractivity contribution in [3.05, 3.63) is 16.5 Å². The van der Waals surface area contributed by atoms with Crippen LogP contribution in [0, 0.1) is 0 Å². The molecule has 6 nitrogen and oxygen atoms in total. The Morgan fingerprint density at radius 2 is 1.95 bits per heavy atom. The van der Waals surface area contributed by atoms with E-state index < -0.39 is 5.41 Å². The van der Waals surface area contributed by atoms with Crippen molar-refractivity contribution in [2.24, 2.45) is 0 Å². The summed E-state index contributed by atoms with van der Waals surface area (Å²) in [6, 6.07) is 0. The van der Waals surface area contributed by atoms with Crippen LogP contribution < -0.4 is 0 Å². The van der Waals surface area contributed by atoms with E-state index in [-0.39, 0.29) is 12.0 Å². The van der Waals surface area contributed by atoms with Crippen LogP contribution in [-0.4, -0.2) is 32.9 Å². The van der Waals surface area contributed by atoms with Crippen LogP contribution in [0.3, 0.4) is 0 Å². The number of carbonyl (C=O) groups excluding carboxylic acids is 1. The van der Waals surface area contributed by atoms with Crippen molar-refractivity contribution in [1.29, 1.82) is 0 Å². The van der Waals surface area contributed by atoms with Crippen LogP contribution in [-0.2, 0) is 20.4 Å². The minimum Gasteiger partial charge on any atom is -0.467 e. The lowest BCUT2D eigenvalue weighted by Crippen LogP contribution is -2.27. The van der Waals surface area contributed by atoms with Gasteiger partial charge >= 0.3 is 0 Å². The van der Waals surface area contributed by atoms with Gasteiger partial charge in [0.15, 0.2) is 11.5 Å². The Bertz CT molecular complexity index is 637. The molecule has 2 aromatic heterocycles. The molecule has 2 heterocycles. The highest BCUT2D eigenvalue weighted by Crippen LogP contribution is 2.33. The summed E-state index contributed by atoms with van der Waals surface area (Å²) >= 11 is 6.37. The van der Waals surface area contributed by atoms with Gasteiger partial charge in [0, 0.05) is 5.41 Å². The average molecular weight is 299 g/mol. The molecule has 0 fully saturated rings. The van der Waals surface area contributed by atoms with Gasteiger partial charge in [0.05, 0.1) is 11.1 Å². The Kier molecular flexibility index (Phi) is 3.54. The standard InChI is InChI=1S/C13H19ClN4O2/c1-12(2,3)9-8(14)10-15-16-11(18(10)17-9)13(4,5)6-20-7-19/h7,17H,6H2,1-5H3. The third-order valence-electron chi connectivity index (χ3n) is 3.17. The van der Waals surface area contributed by atoms with Gasteiger partial charge in [-0.1, -0.05) is 32.4 Å². The molecule has 20 heavy (non-hydrogen) atoms. The lowest BCUT2D eigenvalue weighted by Gasteiger charge is -2.21. The second-order valence-corrected chi connectivity index (χ2v) is 6.90. The Hall–Kier alpha value is -1.56. The van der Waals surface area contributed by atoms with E-state index in [0.29, 0.717) is 23.0 Å². The van der Waals surface area contributed by atoms with Gasteiger partial charge < -0.3 is 4.74 Å². The van der Waals surface area contributed by atoms with Gasteiger partial charge in [0.25, 0.3) is 6.47 Å². The molecule has 7 heteroatoms. The second kappa shape index (κ2) is 4.77. The van der Waals surface area contributed by atoms with Gasteiger partial charge in [0.2, 0.25) is 0 Å². The van der Waals surface area contributed by atoms with Crippen LogP contribution in [0.1, 0.15) is 46.1 Å². The lowest BCUT2D eigenvalue weighted by molar-refractivity contribution is -0.130. The predicted octanol–water partition coefficient (Wildman–Crippen LogP) is 2.46. The minimum absolute atomic E-state index is 0.126. The molecule has 0 aromatic carbocycles. The van der Waals surface area contributed by atoms with Crippen LogP contribution in [0.15, 0.2) is 0 Å². The molecule has 0 saturated carbocycles. The molecule has 1 N–H and O–H groups in total. The number of H-pyrrole nitrogens is 1. The number of aromatic nitrogens is 4. The van der Waals surface area contributed by atoms with Crippen LogP contribution in [0.4, 0.5) is 0 Å². The molecule has 0 aliphatic heterocycles. The number of nitrogens with zero attached hydrogens (tertiary/aromatic N) is 3. The minimum atomic E-state index is -0.469. The Morgan fingerprint density at radius 1 is 1.30 bits per heavy atom. The molecular formula is C13H19ClN4O2. The summed E-state index contributed by atoms with van der Waals surface area (Å²) in [5, 5.41) is 12.1. The second-order valence-electron chi connectivity index (χ2n) is 6.52. The highest BCUT2D eigenvalue weighted by atomic mass is 35.5. The van der Waals surface area contributed by atoms with Gasteiger partial charge in [-0.05, 0) is 13.8 Å². The molecule has 0 unspecified atom stereocenters. The van der Waals surface area contributed by atoms with Gasteiger partial charge in [-0.15, -0.1) is 10.2 Å². The number of hydrogen-bond acceptors (Lipinski definition) is 4. The maximum Gasteiger partial charge on any atom is 0.293 e. The first-order valence-corrected chi connectivity index (χ1v) is 6.75. The van der Waals surface area contributed by atoms with E-state index in [1.165, 1.54) is 0 Å². The number of hydrogen-bond donors (Lipinski definition) is 1. The first-order valence-electron chi connectivity index (χ1n) is 6.37. The molecule has 0 radical (unpaired) electrons. The van der Waals surface area contributed by atoms with Crippen molar-refractivity contribution in [2.45, 2.75) is 45.4 Å². The third kappa shape index (κ3) is 2.40. The van der Waals surface area contributed by atoms with Crippen molar-refractivity contribution in [3.8, 4) is 0 Å². The van der Waals surface area contributed by atoms with Crippen molar-refractivity contribution >= 4 is 23.7 Å². The molecule has 110 valence electrons. The number of rotatable bonds is 4. The van der Waals surface area contributed by atoms with E-state index in [2.05, 4.69) is 36.1 Å². The number of carbonyl (C=O) groups is 1. The lowest BCUT2D eigenvalue weighted by atomic mass is 9.92. The molecule has 2 aromatic rings. The predicted molar refractivity (Wildman–Crippen MR) is 76.1 cm³/mol.